The molecule has 1 spiro atoms. The lowest BCUT2D eigenvalue weighted by Gasteiger charge is -2.36. The molecule has 1 N–H and O–H groups in total. The highest BCUT2D eigenvalue weighted by atomic mass is 16.6. The van der Waals surface area contributed by atoms with Crippen molar-refractivity contribution in [1.29, 1.82) is 0 Å². The van der Waals surface area contributed by atoms with Gasteiger partial charge in [-0.2, -0.15) is 0 Å². The van der Waals surface area contributed by atoms with Crippen LogP contribution >= 0.6 is 0 Å². The summed E-state index contributed by atoms with van der Waals surface area (Å²) in [6, 6.07) is 30.3. The van der Waals surface area contributed by atoms with E-state index in [1.165, 1.54) is 11.3 Å². The van der Waals surface area contributed by atoms with Gasteiger partial charge in [0, 0.05) is 22.4 Å². The summed E-state index contributed by atoms with van der Waals surface area (Å²) < 4.78 is 12.4. The Morgan fingerprint density at radius 3 is 2.22 bits per heavy atom. The van der Waals surface area contributed by atoms with E-state index >= 15 is 0 Å². The standard InChI is InChI=1S/C28H19NO3/c30-27-19-14-13-18(24-16-17-7-1-4-10-23(17)29-24)15-22(19)28(32-27)20-8-2-5-11-25(20)31-26-12-6-3-9-21(26)28/h1-15,24,29H,16H2. The molecule has 154 valence electrons. The van der Waals surface area contributed by atoms with Crippen LogP contribution in [0.2, 0.25) is 0 Å². The van der Waals surface area contributed by atoms with Crippen LogP contribution in [-0.2, 0) is 16.8 Å². The number of fused-ring (bicyclic) bond motifs is 7. The van der Waals surface area contributed by atoms with Crippen molar-refractivity contribution in [2.24, 2.45) is 0 Å². The molecular formula is C28H19NO3. The van der Waals surface area contributed by atoms with Gasteiger partial charge in [0.2, 0.25) is 0 Å². The Balaban J connectivity index is 1.44. The molecule has 4 aromatic rings. The van der Waals surface area contributed by atoms with Crippen LogP contribution in [0.5, 0.6) is 11.5 Å². The zero-order chi connectivity index (χ0) is 21.3. The van der Waals surface area contributed by atoms with Gasteiger partial charge in [0.05, 0.1) is 11.6 Å². The van der Waals surface area contributed by atoms with Crippen molar-refractivity contribution in [2.45, 2.75) is 18.1 Å². The van der Waals surface area contributed by atoms with Gasteiger partial charge in [0.15, 0.2) is 5.60 Å². The Labute approximate surface area is 185 Å². The molecule has 0 amide bonds. The zero-order valence-corrected chi connectivity index (χ0v) is 17.2. The van der Waals surface area contributed by atoms with E-state index in [0.717, 1.165) is 28.7 Å². The first-order chi connectivity index (χ1) is 15.7. The summed E-state index contributed by atoms with van der Waals surface area (Å²) in [5.41, 5.74) is 5.79. The van der Waals surface area contributed by atoms with Crippen LogP contribution in [0.3, 0.4) is 0 Å². The quantitative estimate of drug-likeness (QED) is 0.388. The first-order valence-electron chi connectivity index (χ1n) is 10.8. The molecule has 0 aliphatic carbocycles. The predicted octanol–water partition coefficient (Wildman–Crippen LogP) is 5.96. The normalized spacial score (nSPS) is 18.6. The van der Waals surface area contributed by atoms with Gasteiger partial charge in [0.25, 0.3) is 0 Å². The maximum atomic E-state index is 13.1. The molecule has 4 heteroatoms. The van der Waals surface area contributed by atoms with Gasteiger partial charge in [-0.25, -0.2) is 4.79 Å². The second-order valence-corrected chi connectivity index (χ2v) is 8.53. The molecule has 0 aromatic heterocycles. The monoisotopic (exact) mass is 417 g/mol. The molecular weight excluding hydrogens is 398 g/mol. The van der Waals surface area contributed by atoms with Crippen molar-refractivity contribution in [2.75, 3.05) is 5.32 Å². The topological polar surface area (TPSA) is 47.6 Å². The molecule has 0 bridgehead atoms. The van der Waals surface area contributed by atoms with Crippen LogP contribution in [0.25, 0.3) is 0 Å². The fourth-order valence-electron chi connectivity index (χ4n) is 5.35. The fourth-order valence-corrected chi connectivity index (χ4v) is 5.35. The summed E-state index contributed by atoms with van der Waals surface area (Å²) in [6.45, 7) is 0. The van der Waals surface area contributed by atoms with Crippen molar-refractivity contribution in [3.8, 4) is 11.5 Å². The van der Waals surface area contributed by atoms with Crippen LogP contribution in [0.15, 0.2) is 91.0 Å². The van der Waals surface area contributed by atoms with Crippen molar-refractivity contribution >= 4 is 11.7 Å². The highest BCUT2D eigenvalue weighted by molar-refractivity contribution is 5.97. The molecule has 1 unspecified atom stereocenters. The predicted molar refractivity (Wildman–Crippen MR) is 121 cm³/mol. The first kappa shape index (κ1) is 17.6. The summed E-state index contributed by atoms with van der Waals surface area (Å²) in [6.07, 6.45) is 0.910. The molecule has 0 radical (unpaired) electrons. The summed E-state index contributed by atoms with van der Waals surface area (Å²) in [4.78, 5) is 13.1. The Kier molecular flexibility index (Phi) is 3.43. The number of nitrogens with one attached hydrogen (secondary N) is 1. The Hall–Kier alpha value is -4.05. The highest BCUT2D eigenvalue weighted by Crippen LogP contribution is 2.56. The van der Waals surface area contributed by atoms with Crippen LogP contribution in [0.1, 0.15) is 44.2 Å². The average molecular weight is 417 g/mol. The van der Waals surface area contributed by atoms with Gasteiger partial charge in [-0.3, -0.25) is 0 Å². The number of anilines is 1. The fraction of sp³-hybridized carbons (Fsp3) is 0.107. The molecule has 0 saturated heterocycles. The largest absolute Gasteiger partial charge is 0.456 e. The number of ether oxygens (including phenoxy) is 2. The van der Waals surface area contributed by atoms with Crippen molar-refractivity contribution in [3.63, 3.8) is 0 Å². The van der Waals surface area contributed by atoms with E-state index < -0.39 is 5.60 Å². The van der Waals surface area contributed by atoms with E-state index in [4.69, 9.17) is 9.47 Å². The minimum Gasteiger partial charge on any atom is -0.456 e. The molecule has 3 aliphatic heterocycles. The average Bonchev–Trinajstić information content (AvgIpc) is 3.39. The summed E-state index contributed by atoms with van der Waals surface area (Å²) >= 11 is 0. The number of para-hydroxylation sites is 3. The summed E-state index contributed by atoms with van der Waals surface area (Å²) in [7, 11) is 0. The molecule has 3 aliphatic rings. The third-order valence-electron chi connectivity index (χ3n) is 6.81. The SMILES string of the molecule is O=C1OC2(c3ccccc3Oc3ccccc32)c2cc(C3Cc4ccccc4N3)ccc21. The summed E-state index contributed by atoms with van der Waals surface area (Å²) in [5, 5.41) is 3.63. The third-order valence-corrected chi connectivity index (χ3v) is 6.81. The maximum absolute atomic E-state index is 13.1. The van der Waals surface area contributed by atoms with Crippen molar-refractivity contribution in [1.82, 2.24) is 0 Å². The van der Waals surface area contributed by atoms with E-state index in [1.54, 1.807) is 0 Å². The minimum atomic E-state index is -1.01. The molecule has 7 rings (SSSR count). The maximum Gasteiger partial charge on any atom is 0.340 e. The third kappa shape index (κ3) is 2.24. The summed E-state index contributed by atoms with van der Waals surface area (Å²) in [5.74, 6) is 1.12. The van der Waals surface area contributed by atoms with E-state index in [2.05, 4.69) is 29.6 Å². The number of hydrogen-bond donors (Lipinski definition) is 1. The Morgan fingerprint density at radius 1 is 0.781 bits per heavy atom. The van der Waals surface area contributed by atoms with Gasteiger partial charge in [-0.15, -0.1) is 0 Å². The Bertz CT molecular complexity index is 1350. The van der Waals surface area contributed by atoms with Crippen LogP contribution in [0.4, 0.5) is 5.69 Å². The van der Waals surface area contributed by atoms with E-state index in [-0.39, 0.29) is 12.0 Å². The number of rotatable bonds is 1. The smallest absolute Gasteiger partial charge is 0.340 e. The zero-order valence-electron chi connectivity index (χ0n) is 17.2. The minimum absolute atomic E-state index is 0.149. The number of benzene rings is 4. The van der Waals surface area contributed by atoms with E-state index in [9.17, 15) is 4.79 Å². The number of hydrogen-bond acceptors (Lipinski definition) is 4. The lowest BCUT2D eigenvalue weighted by atomic mass is 9.77. The first-order valence-corrected chi connectivity index (χ1v) is 10.8. The Morgan fingerprint density at radius 2 is 1.47 bits per heavy atom. The van der Waals surface area contributed by atoms with Crippen LogP contribution in [-0.4, -0.2) is 5.97 Å². The number of carbonyl (C=O) groups excluding carboxylic acids is 1. The molecule has 4 nitrogen and oxygen atoms in total. The second kappa shape index (κ2) is 6.24. The van der Waals surface area contributed by atoms with Gasteiger partial charge >= 0.3 is 5.97 Å². The lowest BCUT2D eigenvalue weighted by molar-refractivity contribution is 0.0224. The van der Waals surface area contributed by atoms with Crippen LogP contribution < -0.4 is 10.1 Å². The van der Waals surface area contributed by atoms with Crippen molar-refractivity contribution < 1.29 is 14.3 Å². The van der Waals surface area contributed by atoms with Crippen LogP contribution in [0, 0.1) is 0 Å². The molecule has 4 aromatic carbocycles. The number of esters is 1. The van der Waals surface area contributed by atoms with Crippen molar-refractivity contribution in [3.05, 3.63) is 124 Å². The lowest BCUT2D eigenvalue weighted by Crippen LogP contribution is -2.33. The van der Waals surface area contributed by atoms with E-state index in [0.29, 0.717) is 17.1 Å². The molecule has 1 atom stereocenters. The molecule has 32 heavy (non-hydrogen) atoms. The molecule has 3 heterocycles. The van der Waals surface area contributed by atoms with Gasteiger partial charge in [-0.05, 0) is 47.9 Å². The molecule has 0 fully saturated rings. The van der Waals surface area contributed by atoms with Gasteiger partial charge < -0.3 is 14.8 Å². The van der Waals surface area contributed by atoms with Gasteiger partial charge in [0.1, 0.15) is 11.5 Å². The van der Waals surface area contributed by atoms with E-state index in [1.807, 2.05) is 66.7 Å². The number of carbonyl (C=O) groups is 1. The second-order valence-electron chi connectivity index (χ2n) is 8.53. The molecule has 0 saturated carbocycles. The van der Waals surface area contributed by atoms with Gasteiger partial charge in [-0.1, -0.05) is 60.7 Å². The highest BCUT2D eigenvalue weighted by Gasteiger charge is 2.53.